The maximum Gasteiger partial charge on any atom is 0.169 e. The first-order chi connectivity index (χ1) is 10.6. The molecule has 1 aromatic carbocycles. The van der Waals surface area contributed by atoms with E-state index in [2.05, 4.69) is 25.7 Å². The predicted molar refractivity (Wildman–Crippen MR) is 88.8 cm³/mol. The van der Waals surface area contributed by atoms with E-state index in [1.54, 1.807) is 11.2 Å². The van der Waals surface area contributed by atoms with Gasteiger partial charge >= 0.3 is 0 Å². The number of fused-ring (bicyclic) bond motifs is 1. The molecule has 0 aliphatic carbocycles. The van der Waals surface area contributed by atoms with Crippen LogP contribution < -0.4 is 16.5 Å². The number of hydrogen-bond donors (Lipinski definition) is 3. The summed E-state index contributed by atoms with van der Waals surface area (Å²) in [5.41, 5.74) is 11.4. The molecule has 0 amide bonds. The van der Waals surface area contributed by atoms with Crippen LogP contribution in [-0.4, -0.2) is 34.1 Å². The molecule has 0 aliphatic heterocycles. The lowest BCUT2D eigenvalue weighted by Crippen LogP contribution is -2.21. The van der Waals surface area contributed by atoms with Crippen molar-refractivity contribution in [2.75, 3.05) is 30.6 Å². The molecule has 2 aromatic heterocycles. The molecule has 0 radical (unpaired) electrons. The first kappa shape index (κ1) is 14.0. The van der Waals surface area contributed by atoms with Gasteiger partial charge in [0.1, 0.15) is 12.0 Å². The van der Waals surface area contributed by atoms with Crippen molar-refractivity contribution in [2.45, 2.75) is 0 Å². The van der Waals surface area contributed by atoms with Crippen LogP contribution >= 0.6 is 0 Å². The fourth-order valence-electron chi connectivity index (χ4n) is 2.14. The Bertz CT molecular complexity index is 796. The summed E-state index contributed by atoms with van der Waals surface area (Å²) < 4.78 is 0. The van der Waals surface area contributed by atoms with Crippen molar-refractivity contribution < 1.29 is 0 Å². The second-order valence-electron chi connectivity index (χ2n) is 4.99. The lowest BCUT2D eigenvalue weighted by molar-refractivity contribution is 0.492. The SMILES string of the molecule is CN(C)Nc1ncnc(Nc2cccc3ncccc23)c1N. The lowest BCUT2D eigenvalue weighted by Gasteiger charge is -2.16. The average Bonchev–Trinajstić information content (AvgIpc) is 2.51. The van der Waals surface area contributed by atoms with Crippen LogP contribution in [0.25, 0.3) is 10.9 Å². The van der Waals surface area contributed by atoms with Crippen LogP contribution in [0.1, 0.15) is 0 Å². The number of rotatable bonds is 4. The fourth-order valence-corrected chi connectivity index (χ4v) is 2.14. The molecule has 0 spiro atoms. The molecule has 0 atom stereocenters. The van der Waals surface area contributed by atoms with Gasteiger partial charge in [-0.15, -0.1) is 0 Å². The second-order valence-corrected chi connectivity index (χ2v) is 4.99. The Morgan fingerprint density at radius 3 is 2.64 bits per heavy atom. The molecule has 0 saturated carbocycles. The highest BCUT2D eigenvalue weighted by atomic mass is 15.5. The third-order valence-electron chi connectivity index (χ3n) is 3.11. The average molecular weight is 295 g/mol. The topological polar surface area (TPSA) is 92.0 Å². The number of nitrogens with one attached hydrogen (secondary N) is 2. The molecular formula is C15H17N7. The molecule has 0 unspecified atom stereocenters. The second kappa shape index (κ2) is 5.82. The number of aromatic nitrogens is 3. The Kier molecular flexibility index (Phi) is 3.71. The molecule has 7 nitrogen and oxygen atoms in total. The highest BCUT2D eigenvalue weighted by Crippen LogP contribution is 2.29. The zero-order valence-electron chi connectivity index (χ0n) is 12.4. The Hall–Kier alpha value is -2.93. The van der Waals surface area contributed by atoms with Crippen molar-refractivity contribution in [1.29, 1.82) is 0 Å². The van der Waals surface area contributed by atoms with Crippen LogP contribution in [0.5, 0.6) is 0 Å². The molecule has 0 saturated heterocycles. The van der Waals surface area contributed by atoms with Gasteiger partial charge in [0.05, 0.1) is 5.52 Å². The maximum absolute atomic E-state index is 6.13. The van der Waals surface area contributed by atoms with E-state index in [1.807, 2.05) is 44.4 Å². The van der Waals surface area contributed by atoms with Crippen molar-refractivity contribution in [2.24, 2.45) is 0 Å². The third kappa shape index (κ3) is 2.75. The minimum Gasteiger partial charge on any atom is -0.393 e. The van der Waals surface area contributed by atoms with Gasteiger partial charge < -0.3 is 16.5 Å². The van der Waals surface area contributed by atoms with Crippen LogP contribution in [-0.2, 0) is 0 Å². The van der Waals surface area contributed by atoms with Crippen LogP contribution in [0.15, 0.2) is 42.9 Å². The van der Waals surface area contributed by atoms with E-state index in [9.17, 15) is 0 Å². The van der Waals surface area contributed by atoms with Crippen molar-refractivity contribution in [3.63, 3.8) is 0 Å². The number of benzene rings is 1. The van der Waals surface area contributed by atoms with Gasteiger partial charge in [-0.1, -0.05) is 6.07 Å². The Balaban J connectivity index is 1.99. The van der Waals surface area contributed by atoms with Gasteiger partial charge in [-0.2, -0.15) is 0 Å². The number of nitrogens with zero attached hydrogens (tertiary/aromatic N) is 4. The van der Waals surface area contributed by atoms with Crippen molar-refractivity contribution >= 4 is 33.9 Å². The first-order valence-corrected chi connectivity index (χ1v) is 6.80. The van der Waals surface area contributed by atoms with E-state index >= 15 is 0 Å². The van der Waals surface area contributed by atoms with Crippen LogP contribution in [0.2, 0.25) is 0 Å². The van der Waals surface area contributed by atoms with Gasteiger partial charge in [-0.05, 0) is 24.3 Å². The summed E-state index contributed by atoms with van der Waals surface area (Å²) in [6.07, 6.45) is 3.23. The van der Waals surface area contributed by atoms with Gasteiger partial charge in [0.25, 0.3) is 0 Å². The third-order valence-corrected chi connectivity index (χ3v) is 3.11. The predicted octanol–water partition coefficient (Wildman–Crippen LogP) is 2.24. The van der Waals surface area contributed by atoms with E-state index in [0.29, 0.717) is 17.3 Å². The number of nitrogen functional groups attached to an aromatic ring is 1. The van der Waals surface area contributed by atoms with Crippen LogP contribution in [0.4, 0.5) is 23.0 Å². The van der Waals surface area contributed by atoms with Crippen molar-refractivity contribution in [1.82, 2.24) is 20.0 Å². The molecule has 7 heteroatoms. The monoisotopic (exact) mass is 295 g/mol. The Morgan fingerprint density at radius 2 is 1.82 bits per heavy atom. The van der Waals surface area contributed by atoms with Gasteiger partial charge in [-0.3, -0.25) is 4.98 Å². The molecule has 2 heterocycles. The van der Waals surface area contributed by atoms with E-state index < -0.39 is 0 Å². The summed E-state index contributed by atoms with van der Waals surface area (Å²) in [7, 11) is 3.73. The molecule has 0 fully saturated rings. The summed E-state index contributed by atoms with van der Waals surface area (Å²) in [5, 5.41) is 6.03. The molecule has 4 N–H and O–H groups in total. The number of pyridine rings is 1. The molecule has 3 aromatic rings. The fraction of sp³-hybridized carbons (Fsp3) is 0.133. The first-order valence-electron chi connectivity index (χ1n) is 6.80. The maximum atomic E-state index is 6.13. The molecule has 0 aliphatic rings. The quantitative estimate of drug-likeness (QED) is 0.636. The van der Waals surface area contributed by atoms with E-state index in [-0.39, 0.29) is 0 Å². The zero-order chi connectivity index (χ0) is 15.5. The molecule has 112 valence electrons. The summed E-state index contributed by atoms with van der Waals surface area (Å²) in [4.78, 5) is 12.7. The normalized spacial score (nSPS) is 10.9. The molecule has 22 heavy (non-hydrogen) atoms. The molecule has 0 bridgehead atoms. The Labute approximate surface area is 128 Å². The van der Waals surface area contributed by atoms with E-state index in [0.717, 1.165) is 16.6 Å². The highest BCUT2D eigenvalue weighted by molar-refractivity contribution is 5.94. The summed E-state index contributed by atoms with van der Waals surface area (Å²) in [6.45, 7) is 0. The number of hydrogen-bond acceptors (Lipinski definition) is 7. The van der Waals surface area contributed by atoms with E-state index in [1.165, 1.54) is 6.33 Å². The minimum absolute atomic E-state index is 0.456. The smallest absolute Gasteiger partial charge is 0.169 e. The van der Waals surface area contributed by atoms with Gasteiger partial charge in [0.2, 0.25) is 0 Å². The van der Waals surface area contributed by atoms with Gasteiger partial charge in [0, 0.05) is 31.4 Å². The number of anilines is 4. The highest BCUT2D eigenvalue weighted by Gasteiger charge is 2.10. The minimum atomic E-state index is 0.456. The van der Waals surface area contributed by atoms with Crippen LogP contribution in [0.3, 0.4) is 0 Å². The van der Waals surface area contributed by atoms with Gasteiger partial charge in [-0.25, -0.2) is 15.0 Å². The van der Waals surface area contributed by atoms with Gasteiger partial charge in [0.15, 0.2) is 11.6 Å². The zero-order valence-corrected chi connectivity index (χ0v) is 12.4. The summed E-state index contributed by atoms with van der Waals surface area (Å²) in [6, 6.07) is 9.76. The Morgan fingerprint density at radius 1 is 1.00 bits per heavy atom. The largest absolute Gasteiger partial charge is 0.393 e. The van der Waals surface area contributed by atoms with Crippen molar-refractivity contribution in [3.8, 4) is 0 Å². The number of nitrogens with two attached hydrogens (primary N) is 1. The van der Waals surface area contributed by atoms with E-state index in [4.69, 9.17) is 5.73 Å². The van der Waals surface area contributed by atoms with Crippen molar-refractivity contribution in [3.05, 3.63) is 42.9 Å². The molecular weight excluding hydrogens is 278 g/mol. The lowest BCUT2D eigenvalue weighted by atomic mass is 10.2. The summed E-state index contributed by atoms with van der Waals surface area (Å²) in [5.74, 6) is 1.11. The number of hydrazine groups is 1. The van der Waals surface area contributed by atoms with Crippen LogP contribution in [0, 0.1) is 0 Å². The standard InChI is InChI=1S/C15H17N7/c1-22(2)21-15-13(16)14(18-9-19-15)20-12-7-3-6-11-10(12)5-4-8-17-11/h3-9H,16H2,1-2H3,(H2,18,19,20,21). The molecule has 3 rings (SSSR count). The summed E-state index contributed by atoms with van der Waals surface area (Å²) >= 11 is 0.